The van der Waals surface area contributed by atoms with E-state index in [0.29, 0.717) is 6.42 Å². The Morgan fingerprint density at radius 3 is 1.22 bits per heavy atom. The minimum atomic E-state index is 0.0113. The second-order valence-corrected chi connectivity index (χ2v) is 14.9. The molecule has 0 aliphatic rings. The molecule has 0 rings (SSSR count). The molecule has 46 heavy (non-hydrogen) atoms. The number of esters is 1. The molecular formula is C42H83NO3. The quantitative estimate of drug-likeness (QED) is 0.0379. The smallest absolute Gasteiger partial charge is 0.306 e. The van der Waals surface area contributed by atoms with Gasteiger partial charge < -0.3 is 14.4 Å². The van der Waals surface area contributed by atoms with E-state index in [1.54, 1.807) is 0 Å². The standard InChI is InChI=1S/C42H83NO3/c1-5-40(6-2)34-29-25-21-17-13-9-7-10-14-18-22-26-30-35-41(46-42(45)37-33-38-43(3)4)36-31-27-23-19-15-11-8-12-16-20-24-28-32-39-44/h39-41H,5-38H2,1-4H3. The monoisotopic (exact) mass is 650 g/mol. The summed E-state index contributed by atoms with van der Waals surface area (Å²) >= 11 is 0. The van der Waals surface area contributed by atoms with Gasteiger partial charge in [0, 0.05) is 12.8 Å². The van der Waals surface area contributed by atoms with Crippen LogP contribution in [0.15, 0.2) is 0 Å². The zero-order valence-corrected chi connectivity index (χ0v) is 31.9. The predicted molar refractivity (Wildman–Crippen MR) is 202 cm³/mol. The molecule has 4 nitrogen and oxygen atoms in total. The summed E-state index contributed by atoms with van der Waals surface area (Å²) in [6, 6.07) is 0. The van der Waals surface area contributed by atoms with E-state index in [9.17, 15) is 9.59 Å². The Kier molecular flexibility index (Phi) is 36.2. The van der Waals surface area contributed by atoms with Crippen LogP contribution >= 0.6 is 0 Å². The summed E-state index contributed by atoms with van der Waals surface area (Å²) in [6.07, 6.45) is 43.1. The van der Waals surface area contributed by atoms with Gasteiger partial charge in [-0.3, -0.25) is 4.79 Å². The van der Waals surface area contributed by atoms with Crippen molar-refractivity contribution in [1.82, 2.24) is 4.90 Å². The maximum Gasteiger partial charge on any atom is 0.306 e. The summed E-state index contributed by atoms with van der Waals surface area (Å²) in [5.41, 5.74) is 0. The molecule has 0 spiro atoms. The molecule has 0 saturated carbocycles. The van der Waals surface area contributed by atoms with Crippen LogP contribution in [0.5, 0.6) is 0 Å². The van der Waals surface area contributed by atoms with Crippen LogP contribution in [0.2, 0.25) is 0 Å². The van der Waals surface area contributed by atoms with E-state index in [4.69, 9.17) is 4.74 Å². The Hall–Kier alpha value is -0.900. The number of ether oxygens (including phenoxy) is 1. The van der Waals surface area contributed by atoms with Crippen LogP contribution in [0.3, 0.4) is 0 Å². The summed E-state index contributed by atoms with van der Waals surface area (Å²) in [4.78, 5) is 25.0. The van der Waals surface area contributed by atoms with Crippen molar-refractivity contribution < 1.29 is 14.3 Å². The van der Waals surface area contributed by atoms with E-state index in [0.717, 1.165) is 50.9 Å². The highest BCUT2D eigenvalue weighted by Gasteiger charge is 2.14. The van der Waals surface area contributed by atoms with Gasteiger partial charge in [-0.1, -0.05) is 174 Å². The summed E-state index contributed by atoms with van der Waals surface area (Å²) in [5, 5.41) is 0. The molecule has 0 aromatic carbocycles. The number of rotatable bonds is 38. The number of carbonyl (C=O) groups is 2. The molecule has 0 radical (unpaired) electrons. The molecule has 4 heteroatoms. The van der Waals surface area contributed by atoms with Crippen LogP contribution in [0, 0.1) is 5.92 Å². The Bertz CT molecular complexity index is 618. The minimum Gasteiger partial charge on any atom is -0.462 e. The lowest BCUT2D eigenvalue weighted by Gasteiger charge is -2.18. The van der Waals surface area contributed by atoms with Crippen LogP contribution in [-0.4, -0.2) is 43.9 Å². The highest BCUT2D eigenvalue weighted by Crippen LogP contribution is 2.20. The number of nitrogens with zero attached hydrogens (tertiary/aromatic N) is 1. The van der Waals surface area contributed by atoms with E-state index in [1.807, 2.05) is 0 Å². The Morgan fingerprint density at radius 1 is 0.522 bits per heavy atom. The third-order valence-electron chi connectivity index (χ3n) is 10.2. The molecule has 0 aromatic rings. The number of unbranched alkanes of at least 4 members (excludes halogenated alkanes) is 24. The second-order valence-electron chi connectivity index (χ2n) is 14.9. The van der Waals surface area contributed by atoms with Gasteiger partial charge in [0.05, 0.1) is 0 Å². The zero-order chi connectivity index (χ0) is 33.8. The van der Waals surface area contributed by atoms with E-state index in [2.05, 4.69) is 32.8 Å². The average Bonchev–Trinajstić information content (AvgIpc) is 3.04. The fraction of sp³-hybridized carbons (Fsp3) is 0.952. The van der Waals surface area contributed by atoms with Crippen molar-refractivity contribution in [3.8, 4) is 0 Å². The fourth-order valence-corrected chi connectivity index (χ4v) is 6.86. The van der Waals surface area contributed by atoms with Crippen molar-refractivity contribution in [2.75, 3.05) is 20.6 Å². The third kappa shape index (κ3) is 34.4. The molecule has 0 fully saturated rings. The summed E-state index contributed by atoms with van der Waals surface area (Å²) in [7, 11) is 4.12. The highest BCUT2D eigenvalue weighted by atomic mass is 16.5. The average molecular weight is 650 g/mol. The summed E-state index contributed by atoms with van der Waals surface area (Å²) < 4.78 is 6.01. The van der Waals surface area contributed by atoms with Gasteiger partial charge in [0.1, 0.15) is 12.4 Å². The first-order chi connectivity index (χ1) is 22.5. The van der Waals surface area contributed by atoms with Gasteiger partial charge in [0.25, 0.3) is 0 Å². The van der Waals surface area contributed by atoms with Gasteiger partial charge in [0.2, 0.25) is 0 Å². The van der Waals surface area contributed by atoms with Crippen LogP contribution < -0.4 is 0 Å². The van der Waals surface area contributed by atoms with Crippen LogP contribution in [0.4, 0.5) is 0 Å². The number of hydrogen-bond acceptors (Lipinski definition) is 4. The van der Waals surface area contributed by atoms with Crippen LogP contribution in [-0.2, 0) is 14.3 Å². The van der Waals surface area contributed by atoms with Crippen LogP contribution in [0.1, 0.15) is 226 Å². The Morgan fingerprint density at radius 2 is 0.870 bits per heavy atom. The second kappa shape index (κ2) is 36.9. The Balaban J connectivity index is 3.88. The van der Waals surface area contributed by atoms with Gasteiger partial charge in [-0.05, 0) is 65.1 Å². The molecule has 0 N–H and O–H groups in total. The molecule has 1 atom stereocenters. The molecule has 0 aromatic heterocycles. The predicted octanol–water partition coefficient (Wildman–Crippen LogP) is 13.2. The molecule has 274 valence electrons. The molecule has 0 aliphatic carbocycles. The van der Waals surface area contributed by atoms with Gasteiger partial charge in [0.15, 0.2) is 0 Å². The topological polar surface area (TPSA) is 46.6 Å². The van der Waals surface area contributed by atoms with E-state index in [1.165, 1.54) is 173 Å². The maximum absolute atomic E-state index is 12.5. The lowest BCUT2D eigenvalue weighted by Crippen LogP contribution is -2.20. The molecule has 1 unspecified atom stereocenters. The Labute approximate surface area is 289 Å². The molecule has 0 aliphatic heterocycles. The van der Waals surface area contributed by atoms with Crippen molar-refractivity contribution >= 4 is 12.3 Å². The largest absolute Gasteiger partial charge is 0.462 e. The van der Waals surface area contributed by atoms with Crippen LogP contribution in [0.25, 0.3) is 0 Å². The number of hydrogen-bond donors (Lipinski definition) is 0. The van der Waals surface area contributed by atoms with E-state index >= 15 is 0 Å². The first-order valence-electron chi connectivity index (χ1n) is 20.8. The third-order valence-corrected chi connectivity index (χ3v) is 10.2. The first-order valence-corrected chi connectivity index (χ1v) is 20.8. The molecule has 0 bridgehead atoms. The molecule has 0 saturated heterocycles. The summed E-state index contributed by atoms with van der Waals surface area (Å²) in [5.74, 6) is 0.979. The van der Waals surface area contributed by atoms with E-state index in [-0.39, 0.29) is 12.1 Å². The van der Waals surface area contributed by atoms with Gasteiger partial charge in [-0.15, -0.1) is 0 Å². The number of carbonyl (C=O) groups excluding carboxylic acids is 2. The maximum atomic E-state index is 12.5. The highest BCUT2D eigenvalue weighted by molar-refractivity contribution is 5.69. The fourth-order valence-electron chi connectivity index (χ4n) is 6.86. The lowest BCUT2D eigenvalue weighted by atomic mass is 9.95. The van der Waals surface area contributed by atoms with Gasteiger partial charge >= 0.3 is 5.97 Å². The molecule has 0 heterocycles. The molecule has 0 amide bonds. The van der Waals surface area contributed by atoms with Crippen molar-refractivity contribution in [3.05, 3.63) is 0 Å². The normalized spacial score (nSPS) is 12.3. The van der Waals surface area contributed by atoms with Crippen molar-refractivity contribution in [2.45, 2.75) is 232 Å². The number of aldehydes is 1. The zero-order valence-electron chi connectivity index (χ0n) is 31.9. The van der Waals surface area contributed by atoms with Gasteiger partial charge in [-0.2, -0.15) is 0 Å². The first kappa shape index (κ1) is 45.1. The van der Waals surface area contributed by atoms with Crippen molar-refractivity contribution in [3.63, 3.8) is 0 Å². The lowest BCUT2D eigenvalue weighted by molar-refractivity contribution is -0.150. The summed E-state index contributed by atoms with van der Waals surface area (Å²) in [6.45, 7) is 5.63. The van der Waals surface area contributed by atoms with Gasteiger partial charge in [-0.25, -0.2) is 0 Å². The van der Waals surface area contributed by atoms with Crippen molar-refractivity contribution in [1.29, 1.82) is 0 Å². The minimum absolute atomic E-state index is 0.0113. The van der Waals surface area contributed by atoms with E-state index < -0.39 is 0 Å². The SMILES string of the molecule is CCC(CC)CCCCCCCCCCCCCCCC(CCCCCCCCCCCCCCC=O)OC(=O)CCCN(C)C. The van der Waals surface area contributed by atoms with Crippen molar-refractivity contribution in [2.24, 2.45) is 5.92 Å². The molecular weight excluding hydrogens is 566 g/mol.